The molecule has 2 atom stereocenters. The van der Waals surface area contributed by atoms with E-state index < -0.39 is 0 Å². The highest BCUT2D eigenvalue weighted by molar-refractivity contribution is 5.66. The maximum absolute atomic E-state index is 11.9. The summed E-state index contributed by atoms with van der Waals surface area (Å²) in [5.41, 5.74) is 0.217. The lowest BCUT2D eigenvalue weighted by Crippen LogP contribution is -2.29. The van der Waals surface area contributed by atoms with Crippen LogP contribution >= 0.6 is 0 Å². The monoisotopic (exact) mass is 485 g/mol. The van der Waals surface area contributed by atoms with Crippen molar-refractivity contribution in [1.29, 1.82) is 0 Å². The number of unbranched alkanes of at least 4 members (excludes halogenated alkanes) is 2. The molecule has 34 heavy (non-hydrogen) atoms. The summed E-state index contributed by atoms with van der Waals surface area (Å²) in [6, 6.07) is 0. The van der Waals surface area contributed by atoms with E-state index in [4.69, 9.17) is 23.7 Å². The van der Waals surface area contributed by atoms with Crippen LogP contribution in [0, 0.1) is 10.8 Å². The Labute approximate surface area is 207 Å². The van der Waals surface area contributed by atoms with Crippen molar-refractivity contribution in [2.75, 3.05) is 39.6 Å². The zero-order valence-corrected chi connectivity index (χ0v) is 22.3. The summed E-state index contributed by atoms with van der Waals surface area (Å²) in [6.07, 6.45) is 12.3. The van der Waals surface area contributed by atoms with Gasteiger partial charge in [0.05, 0.1) is 19.8 Å². The molecule has 2 saturated heterocycles. The van der Waals surface area contributed by atoms with Gasteiger partial charge in [-0.25, -0.2) is 4.79 Å². The Hall–Kier alpha value is -0.890. The van der Waals surface area contributed by atoms with Crippen LogP contribution in [0.1, 0.15) is 105 Å². The Balaban J connectivity index is 1.41. The summed E-state index contributed by atoms with van der Waals surface area (Å²) < 4.78 is 28.5. The number of ether oxygens (including phenoxy) is 5. The third kappa shape index (κ3) is 13.9. The lowest BCUT2D eigenvalue weighted by Gasteiger charge is -2.29. The van der Waals surface area contributed by atoms with Gasteiger partial charge in [0.2, 0.25) is 0 Å². The van der Waals surface area contributed by atoms with Crippen molar-refractivity contribution in [1.82, 2.24) is 5.32 Å². The van der Waals surface area contributed by atoms with Crippen LogP contribution in [0.3, 0.4) is 0 Å². The number of nitrogens with one attached hydrogen (secondary N) is 1. The molecular formula is C27H51NO6. The lowest BCUT2D eigenvalue weighted by atomic mass is 9.88. The maximum atomic E-state index is 11.9. The van der Waals surface area contributed by atoms with Crippen LogP contribution in [0.2, 0.25) is 0 Å². The second-order valence-electron chi connectivity index (χ2n) is 11.5. The number of hydrogen-bond acceptors (Lipinski definition) is 6. The molecule has 2 aliphatic heterocycles. The molecule has 0 aliphatic carbocycles. The number of carbonyl (C=O) groups is 1. The molecule has 2 heterocycles. The first kappa shape index (κ1) is 29.3. The second kappa shape index (κ2) is 16.0. The molecule has 2 aliphatic rings. The molecule has 7 nitrogen and oxygen atoms in total. The maximum Gasteiger partial charge on any atom is 0.407 e. The highest BCUT2D eigenvalue weighted by atomic mass is 16.7. The second-order valence-corrected chi connectivity index (χ2v) is 11.5. The zero-order chi connectivity index (χ0) is 24.7. The Bertz CT molecular complexity index is 495. The smallest absolute Gasteiger partial charge is 0.407 e. The van der Waals surface area contributed by atoms with E-state index >= 15 is 0 Å². The van der Waals surface area contributed by atoms with Crippen LogP contribution in [-0.4, -0.2) is 58.3 Å². The third-order valence-electron chi connectivity index (χ3n) is 6.63. The average Bonchev–Trinajstić information content (AvgIpc) is 2.82. The first-order valence-corrected chi connectivity index (χ1v) is 13.6. The van der Waals surface area contributed by atoms with Crippen LogP contribution in [0.4, 0.5) is 4.79 Å². The summed E-state index contributed by atoms with van der Waals surface area (Å²) in [7, 11) is 0. The van der Waals surface area contributed by atoms with Gasteiger partial charge in [0.1, 0.15) is 0 Å². The molecular weight excluding hydrogens is 434 g/mol. The normalized spacial score (nSPS) is 21.9. The summed E-state index contributed by atoms with van der Waals surface area (Å²) in [4.78, 5) is 11.9. The molecule has 0 aromatic rings. The molecule has 0 bridgehead atoms. The average molecular weight is 486 g/mol. The van der Waals surface area contributed by atoms with E-state index in [9.17, 15) is 4.79 Å². The topological polar surface area (TPSA) is 75.3 Å². The summed E-state index contributed by atoms with van der Waals surface area (Å²) in [6.45, 7) is 13.1. The number of amides is 1. The van der Waals surface area contributed by atoms with Gasteiger partial charge in [0.25, 0.3) is 0 Å². The minimum Gasteiger partial charge on any atom is -0.450 e. The van der Waals surface area contributed by atoms with Gasteiger partial charge in [-0.2, -0.15) is 0 Å². The van der Waals surface area contributed by atoms with Crippen molar-refractivity contribution in [2.24, 2.45) is 10.8 Å². The van der Waals surface area contributed by atoms with Crippen LogP contribution in [0.25, 0.3) is 0 Å². The highest BCUT2D eigenvalue weighted by Gasteiger charge is 2.23. The summed E-state index contributed by atoms with van der Waals surface area (Å²) in [5, 5.41) is 2.87. The molecule has 1 N–H and O–H groups in total. The molecule has 0 spiro atoms. The molecule has 0 aromatic heterocycles. The van der Waals surface area contributed by atoms with Gasteiger partial charge in [-0.15, -0.1) is 0 Å². The molecule has 1 amide bonds. The van der Waals surface area contributed by atoms with Gasteiger partial charge in [0, 0.05) is 19.8 Å². The van der Waals surface area contributed by atoms with Crippen molar-refractivity contribution in [3.63, 3.8) is 0 Å². The predicted octanol–water partition coefficient (Wildman–Crippen LogP) is 6.19. The fraction of sp³-hybridized carbons (Fsp3) is 0.963. The molecule has 7 heteroatoms. The predicted molar refractivity (Wildman–Crippen MR) is 134 cm³/mol. The number of hydrogen-bond donors (Lipinski definition) is 1. The Morgan fingerprint density at radius 1 is 0.794 bits per heavy atom. The van der Waals surface area contributed by atoms with Crippen molar-refractivity contribution < 1.29 is 28.5 Å². The van der Waals surface area contributed by atoms with Gasteiger partial charge in [0.15, 0.2) is 12.6 Å². The molecule has 2 fully saturated rings. The van der Waals surface area contributed by atoms with Crippen LogP contribution in [0.5, 0.6) is 0 Å². The fourth-order valence-corrected chi connectivity index (χ4v) is 4.31. The van der Waals surface area contributed by atoms with Crippen LogP contribution in [-0.2, 0) is 23.7 Å². The van der Waals surface area contributed by atoms with Crippen LogP contribution < -0.4 is 5.32 Å². The van der Waals surface area contributed by atoms with Crippen molar-refractivity contribution in [3.05, 3.63) is 0 Å². The Kier molecular flexibility index (Phi) is 13.8. The third-order valence-corrected chi connectivity index (χ3v) is 6.63. The largest absolute Gasteiger partial charge is 0.450 e. The van der Waals surface area contributed by atoms with Gasteiger partial charge in [-0.1, -0.05) is 34.1 Å². The van der Waals surface area contributed by atoms with Gasteiger partial charge in [-0.05, 0) is 81.5 Å². The van der Waals surface area contributed by atoms with E-state index in [1.54, 1.807) is 0 Å². The Morgan fingerprint density at radius 2 is 1.32 bits per heavy atom. The van der Waals surface area contributed by atoms with Gasteiger partial charge in [-0.3, -0.25) is 0 Å². The minimum absolute atomic E-state index is 0.0278. The first-order chi connectivity index (χ1) is 16.3. The minimum atomic E-state index is -0.311. The van der Waals surface area contributed by atoms with Crippen LogP contribution in [0.15, 0.2) is 0 Å². The molecule has 2 rings (SSSR count). The Morgan fingerprint density at radius 3 is 1.82 bits per heavy atom. The number of alkyl carbamates (subject to hydrolysis) is 1. The number of carbonyl (C=O) groups excluding carboxylic acids is 1. The highest BCUT2D eigenvalue weighted by Crippen LogP contribution is 2.27. The van der Waals surface area contributed by atoms with Gasteiger partial charge >= 0.3 is 6.09 Å². The standard InChI is InChI=1S/C27H51NO6/c1-26(2,21-33-23-13-5-10-18-30-23)15-7-9-17-28-25(29)32-20-12-8-16-27(3,4)22-34-24-14-6-11-19-31-24/h23-24H,5-22H2,1-4H3,(H,28,29). The van der Waals surface area contributed by atoms with E-state index in [1.165, 1.54) is 12.8 Å². The van der Waals surface area contributed by atoms with Crippen molar-refractivity contribution in [3.8, 4) is 0 Å². The summed E-state index contributed by atoms with van der Waals surface area (Å²) >= 11 is 0. The molecule has 200 valence electrons. The van der Waals surface area contributed by atoms with E-state index in [-0.39, 0.29) is 29.5 Å². The molecule has 0 saturated carbocycles. The van der Waals surface area contributed by atoms with E-state index in [2.05, 4.69) is 33.0 Å². The lowest BCUT2D eigenvalue weighted by molar-refractivity contribution is -0.176. The van der Waals surface area contributed by atoms with Crippen molar-refractivity contribution >= 4 is 6.09 Å². The van der Waals surface area contributed by atoms with E-state index in [0.29, 0.717) is 26.4 Å². The van der Waals surface area contributed by atoms with Gasteiger partial charge < -0.3 is 29.0 Å². The zero-order valence-electron chi connectivity index (χ0n) is 22.3. The first-order valence-electron chi connectivity index (χ1n) is 13.6. The van der Waals surface area contributed by atoms with Crippen molar-refractivity contribution in [2.45, 2.75) is 117 Å². The van der Waals surface area contributed by atoms with E-state index in [1.807, 2.05) is 0 Å². The number of rotatable bonds is 16. The molecule has 2 unspecified atom stereocenters. The molecule has 0 aromatic carbocycles. The van der Waals surface area contributed by atoms with E-state index in [0.717, 1.165) is 77.4 Å². The fourth-order valence-electron chi connectivity index (χ4n) is 4.31. The quantitative estimate of drug-likeness (QED) is 0.263. The molecule has 0 radical (unpaired) electrons. The summed E-state index contributed by atoms with van der Waals surface area (Å²) in [5.74, 6) is 0. The SMILES string of the molecule is CC(C)(CCCCNC(=O)OCCCCC(C)(C)COC1CCCCO1)COC1CCCCO1.